The smallest absolute Gasteiger partial charge is 0.274 e. The predicted octanol–water partition coefficient (Wildman–Crippen LogP) is 3.93. The number of aromatic nitrogens is 2. The Morgan fingerprint density at radius 1 is 1.33 bits per heavy atom. The average Bonchev–Trinajstić information content (AvgIpc) is 3.17. The van der Waals surface area contributed by atoms with Crippen LogP contribution in [0.4, 0.5) is 0 Å². The number of benzene rings is 1. The van der Waals surface area contributed by atoms with Crippen molar-refractivity contribution < 1.29 is 14.3 Å². The number of halogens is 1. The zero-order chi connectivity index (χ0) is 19.6. The Hall–Kier alpha value is -2.34. The standard InChI is InChI=1S/C20H24ClN3O3/c1-12(2)16-10-17(23-22-16)20(26)24-8-4-5-13(11-24)19(25)15-9-14(21)6-7-18(15)27-3/h6-7,9-10,12-13H,4-5,8,11H2,1-3H3,(H,22,23). The zero-order valence-corrected chi connectivity index (χ0v) is 16.5. The summed E-state index contributed by atoms with van der Waals surface area (Å²) in [4.78, 5) is 27.5. The number of likely N-dealkylation sites (tertiary alicyclic amines) is 1. The molecule has 1 atom stereocenters. The highest BCUT2D eigenvalue weighted by Gasteiger charge is 2.31. The van der Waals surface area contributed by atoms with E-state index in [0.29, 0.717) is 35.1 Å². The first kappa shape index (κ1) is 19.4. The van der Waals surface area contributed by atoms with Gasteiger partial charge in [-0.05, 0) is 43.0 Å². The van der Waals surface area contributed by atoms with Crippen molar-refractivity contribution in [2.24, 2.45) is 5.92 Å². The second kappa shape index (κ2) is 8.13. The van der Waals surface area contributed by atoms with Gasteiger partial charge in [0.15, 0.2) is 5.78 Å². The number of ether oxygens (including phenoxy) is 1. The Kier molecular flexibility index (Phi) is 5.85. The lowest BCUT2D eigenvalue weighted by molar-refractivity contribution is 0.0631. The summed E-state index contributed by atoms with van der Waals surface area (Å²) in [5.74, 6) is 0.302. The minimum Gasteiger partial charge on any atom is -0.496 e. The Morgan fingerprint density at radius 3 is 2.78 bits per heavy atom. The molecule has 1 aliphatic heterocycles. The third-order valence-electron chi connectivity index (χ3n) is 4.95. The van der Waals surface area contributed by atoms with Crippen LogP contribution in [0.2, 0.25) is 5.02 Å². The number of carbonyl (C=O) groups excluding carboxylic acids is 2. The van der Waals surface area contributed by atoms with Crippen LogP contribution in [0.3, 0.4) is 0 Å². The lowest BCUT2D eigenvalue weighted by atomic mass is 9.89. The summed E-state index contributed by atoms with van der Waals surface area (Å²) in [7, 11) is 1.53. The number of hydrogen-bond acceptors (Lipinski definition) is 4. The number of methoxy groups -OCH3 is 1. The Bertz CT molecular complexity index is 847. The molecular formula is C20H24ClN3O3. The van der Waals surface area contributed by atoms with Gasteiger partial charge in [-0.1, -0.05) is 25.4 Å². The van der Waals surface area contributed by atoms with Gasteiger partial charge < -0.3 is 9.64 Å². The van der Waals surface area contributed by atoms with Crippen molar-refractivity contribution >= 4 is 23.3 Å². The Labute approximate surface area is 163 Å². The number of nitrogens with one attached hydrogen (secondary N) is 1. The number of hydrogen-bond donors (Lipinski definition) is 1. The maximum absolute atomic E-state index is 13.0. The SMILES string of the molecule is COc1ccc(Cl)cc1C(=O)C1CCCN(C(=O)c2cc(C(C)C)[nH]n2)C1. The molecule has 0 radical (unpaired) electrons. The third-order valence-corrected chi connectivity index (χ3v) is 5.18. The van der Waals surface area contributed by atoms with Crippen molar-refractivity contribution in [2.45, 2.75) is 32.6 Å². The van der Waals surface area contributed by atoms with Crippen LogP contribution in [-0.4, -0.2) is 47.0 Å². The van der Waals surface area contributed by atoms with Gasteiger partial charge in [0.1, 0.15) is 11.4 Å². The summed E-state index contributed by atoms with van der Waals surface area (Å²) in [5.41, 5.74) is 1.78. The van der Waals surface area contributed by atoms with Crippen molar-refractivity contribution in [3.05, 3.63) is 46.2 Å². The highest BCUT2D eigenvalue weighted by Crippen LogP contribution is 2.29. The van der Waals surface area contributed by atoms with Gasteiger partial charge in [0.25, 0.3) is 5.91 Å². The number of ketones is 1. The minimum absolute atomic E-state index is 0.0447. The van der Waals surface area contributed by atoms with Crippen molar-refractivity contribution in [3.8, 4) is 5.75 Å². The van der Waals surface area contributed by atoms with Crippen LogP contribution in [0, 0.1) is 5.92 Å². The number of rotatable bonds is 5. The van der Waals surface area contributed by atoms with E-state index in [1.165, 1.54) is 7.11 Å². The average molecular weight is 390 g/mol. The zero-order valence-electron chi connectivity index (χ0n) is 15.8. The first-order valence-electron chi connectivity index (χ1n) is 9.13. The fourth-order valence-corrected chi connectivity index (χ4v) is 3.54. The number of carbonyl (C=O) groups is 2. The van der Waals surface area contributed by atoms with Crippen LogP contribution >= 0.6 is 11.6 Å². The molecule has 0 spiro atoms. The first-order valence-corrected chi connectivity index (χ1v) is 9.50. The highest BCUT2D eigenvalue weighted by atomic mass is 35.5. The van der Waals surface area contributed by atoms with Gasteiger partial charge in [-0.3, -0.25) is 14.7 Å². The number of Topliss-reactive ketones (excluding diaryl/α,β-unsaturated/α-hetero) is 1. The number of H-pyrrole nitrogens is 1. The molecule has 7 heteroatoms. The predicted molar refractivity (Wildman–Crippen MR) is 104 cm³/mol. The number of amides is 1. The summed E-state index contributed by atoms with van der Waals surface area (Å²) in [6.45, 7) is 5.07. The molecule has 1 aromatic heterocycles. The fraction of sp³-hybridized carbons (Fsp3) is 0.450. The van der Waals surface area contributed by atoms with E-state index in [9.17, 15) is 9.59 Å². The molecule has 2 aromatic rings. The topological polar surface area (TPSA) is 75.3 Å². The van der Waals surface area contributed by atoms with E-state index in [1.54, 1.807) is 29.2 Å². The molecule has 1 N–H and O–H groups in total. The molecule has 0 saturated carbocycles. The van der Waals surface area contributed by atoms with Crippen LogP contribution in [0.1, 0.15) is 59.1 Å². The van der Waals surface area contributed by atoms with Gasteiger partial charge in [-0.2, -0.15) is 5.10 Å². The van der Waals surface area contributed by atoms with Crippen LogP contribution in [0.15, 0.2) is 24.3 Å². The maximum Gasteiger partial charge on any atom is 0.274 e. The van der Waals surface area contributed by atoms with E-state index in [4.69, 9.17) is 16.3 Å². The second-order valence-electron chi connectivity index (χ2n) is 7.16. The Balaban J connectivity index is 1.76. The molecule has 27 heavy (non-hydrogen) atoms. The molecule has 144 valence electrons. The van der Waals surface area contributed by atoms with E-state index in [-0.39, 0.29) is 23.5 Å². The van der Waals surface area contributed by atoms with Gasteiger partial charge >= 0.3 is 0 Å². The van der Waals surface area contributed by atoms with Crippen molar-refractivity contribution in [3.63, 3.8) is 0 Å². The number of piperidine rings is 1. The molecule has 1 aromatic carbocycles. The van der Waals surface area contributed by atoms with Crippen LogP contribution in [-0.2, 0) is 0 Å². The van der Waals surface area contributed by atoms with Gasteiger partial charge in [-0.25, -0.2) is 0 Å². The van der Waals surface area contributed by atoms with Crippen LogP contribution < -0.4 is 4.74 Å². The molecule has 3 rings (SSSR count). The lowest BCUT2D eigenvalue weighted by Crippen LogP contribution is -2.42. The molecular weight excluding hydrogens is 366 g/mol. The van der Waals surface area contributed by atoms with Crippen molar-refractivity contribution in [1.29, 1.82) is 0 Å². The van der Waals surface area contributed by atoms with E-state index in [1.807, 2.05) is 13.8 Å². The van der Waals surface area contributed by atoms with Gasteiger partial charge in [-0.15, -0.1) is 0 Å². The maximum atomic E-state index is 13.0. The summed E-state index contributed by atoms with van der Waals surface area (Å²) < 4.78 is 5.31. The quantitative estimate of drug-likeness (QED) is 0.786. The summed E-state index contributed by atoms with van der Waals surface area (Å²) >= 11 is 6.06. The normalized spacial score (nSPS) is 17.2. The summed E-state index contributed by atoms with van der Waals surface area (Å²) in [6.07, 6.45) is 1.50. The van der Waals surface area contributed by atoms with Crippen LogP contribution in [0.5, 0.6) is 5.75 Å². The molecule has 1 unspecified atom stereocenters. The molecule has 2 heterocycles. The molecule has 6 nitrogen and oxygen atoms in total. The number of aromatic amines is 1. The highest BCUT2D eigenvalue weighted by molar-refractivity contribution is 6.31. The molecule has 0 bridgehead atoms. The van der Waals surface area contributed by atoms with Crippen molar-refractivity contribution in [1.82, 2.24) is 15.1 Å². The van der Waals surface area contributed by atoms with Gasteiger partial charge in [0, 0.05) is 29.7 Å². The monoisotopic (exact) mass is 389 g/mol. The van der Waals surface area contributed by atoms with Gasteiger partial charge in [0.05, 0.1) is 12.7 Å². The summed E-state index contributed by atoms with van der Waals surface area (Å²) in [5, 5.41) is 7.54. The van der Waals surface area contributed by atoms with E-state index in [0.717, 1.165) is 18.5 Å². The summed E-state index contributed by atoms with van der Waals surface area (Å²) in [6, 6.07) is 6.81. The van der Waals surface area contributed by atoms with E-state index >= 15 is 0 Å². The number of nitrogens with zero attached hydrogens (tertiary/aromatic N) is 2. The first-order chi connectivity index (χ1) is 12.9. The molecule has 1 aliphatic rings. The fourth-order valence-electron chi connectivity index (χ4n) is 3.37. The minimum atomic E-state index is -0.279. The molecule has 1 fully saturated rings. The molecule has 0 aliphatic carbocycles. The van der Waals surface area contributed by atoms with Crippen LogP contribution in [0.25, 0.3) is 0 Å². The second-order valence-corrected chi connectivity index (χ2v) is 7.60. The molecule has 1 saturated heterocycles. The van der Waals surface area contributed by atoms with E-state index < -0.39 is 0 Å². The van der Waals surface area contributed by atoms with Crippen molar-refractivity contribution in [2.75, 3.05) is 20.2 Å². The van der Waals surface area contributed by atoms with Gasteiger partial charge in [0.2, 0.25) is 0 Å². The molecule has 1 amide bonds. The largest absolute Gasteiger partial charge is 0.496 e. The van der Waals surface area contributed by atoms with E-state index in [2.05, 4.69) is 10.2 Å². The third kappa shape index (κ3) is 4.16. The Morgan fingerprint density at radius 2 is 2.11 bits per heavy atom. The lowest BCUT2D eigenvalue weighted by Gasteiger charge is -2.31.